The van der Waals surface area contributed by atoms with Crippen molar-refractivity contribution in [1.29, 1.82) is 0 Å². The molecule has 26 heavy (non-hydrogen) atoms. The van der Waals surface area contributed by atoms with E-state index in [4.69, 9.17) is 9.51 Å². The molecule has 0 amide bonds. The quantitative estimate of drug-likeness (QED) is 0.714. The van der Waals surface area contributed by atoms with Gasteiger partial charge in [0.1, 0.15) is 11.6 Å². The van der Waals surface area contributed by atoms with Crippen molar-refractivity contribution in [2.24, 2.45) is 0 Å². The van der Waals surface area contributed by atoms with E-state index in [-0.39, 0.29) is 11.9 Å². The first-order valence-electron chi connectivity index (χ1n) is 8.72. The van der Waals surface area contributed by atoms with Crippen LogP contribution in [0.4, 0.5) is 4.39 Å². The number of nitrogens with zero attached hydrogens (tertiary/aromatic N) is 5. The van der Waals surface area contributed by atoms with Gasteiger partial charge in [0.2, 0.25) is 0 Å². The molecule has 6 nitrogen and oxygen atoms in total. The molecule has 0 N–H and O–H groups in total. The first-order valence-corrected chi connectivity index (χ1v) is 8.72. The third-order valence-corrected chi connectivity index (χ3v) is 4.84. The molecule has 0 aromatic carbocycles. The zero-order chi connectivity index (χ0) is 18.1. The summed E-state index contributed by atoms with van der Waals surface area (Å²) in [7, 11) is 0. The molecule has 1 atom stereocenters. The molecule has 1 aliphatic rings. The van der Waals surface area contributed by atoms with Crippen LogP contribution < -0.4 is 0 Å². The van der Waals surface area contributed by atoms with Gasteiger partial charge in [-0.3, -0.25) is 14.9 Å². The molecule has 0 saturated carbocycles. The van der Waals surface area contributed by atoms with E-state index in [2.05, 4.69) is 20.0 Å². The van der Waals surface area contributed by atoms with Crippen LogP contribution in [0.2, 0.25) is 0 Å². The Morgan fingerprint density at radius 3 is 2.96 bits per heavy atom. The second kappa shape index (κ2) is 6.92. The lowest BCUT2D eigenvalue weighted by atomic mass is 10.1. The molecule has 0 aliphatic carbocycles. The number of aryl methyl sites for hydroxylation is 2. The number of hydrogen-bond donors (Lipinski definition) is 0. The van der Waals surface area contributed by atoms with E-state index in [9.17, 15) is 4.39 Å². The van der Waals surface area contributed by atoms with Crippen molar-refractivity contribution in [2.75, 3.05) is 6.54 Å². The van der Waals surface area contributed by atoms with Crippen LogP contribution in [0.15, 0.2) is 35.2 Å². The normalized spacial score (nSPS) is 17.7. The lowest BCUT2D eigenvalue weighted by Crippen LogP contribution is -2.24. The van der Waals surface area contributed by atoms with Gasteiger partial charge in [0.25, 0.3) is 0 Å². The van der Waals surface area contributed by atoms with E-state index in [1.54, 1.807) is 24.7 Å². The van der Waals surface area contributed by atoms with Gasteiger partial charge in [-0.1, -0.05) is 5.16 Å². The fourth-order valence-electron chi connectivity index (χ4n) is 3.59. The lowest BCUT2D eigenvalue weighted by Gasteiger charge is -2.23. The van der Waals surface area contributed by atoms with Crippen LogP contribution in [-0.4, -0.2) is 31.6 Å². The summed E-state index contributed by atoms with van der Waals surface area (Å²) < 4.78 is 19.2. The average molecular weight is 353 g/mol. The third kappa shape index (κ3) is 3.10. The highest BCUT2D eigenvalue weighted by Gasteiger charge is 2.29. The molecule has 134 valence electrons. The van der Waals surface area contributed by atoms with Crippen molar-refractivity contribution in [3.63, 3.8) is 0 Å². The highest BCUT2D eigenvalue weighted by atomic mass is 19.1. The standard InChI is InChI=1S/C19H20FN5O/c1-12-19(13(2)26-24-12)16-10-21-9-15(23-16)18-6-4-8-25(18)11-17-14(20)5-3-7-22-17/h3,5,7,9-10,18H,4,6,8,11H2,1-2H3/t18-/m0/s1. The highest BCUT2D eigenvalue weighted by molar-refractivity contribution is 5.62. The Hall–Kier alpha value is -2.67. The summed E-state index contributed by atoms with van der Waals surface area (Å²) in [5, 5.41) is 4.00. The molecule has 0 radical (unpaired) electrons. The summed E-state index contributed by atoms with van der Waals surface area (Å²) in [5.41, 5.74) is 3.80. The minimum Gasteiger partial charge on any atom is -0.361 e. The monoisotopic (exact) mass is 353 g/mol. The Kier molecular flexibility index (Phi) is 4.46. The van der Waals surface area contributed by atoms with Crippen LogP contribution in [0.3, 0.4) is 0 Å². The summed E-state index contributed by atoms with van der Waals surface area (Å²) in [4.78, 5) is 15.6. The Morgan fingerprint density at radius 2 is 2.19 bits per heavy atom. The SMILES string of the molecule is Cc1noc(C)c1-c1cncc([C@@H]2CCCN2Cc2ncccc2F)n1. The number of halogens is 1. The summed E-state index contributed by atoms with van der Waals surface area (Å²) >= 11 is 0. The van der Waals surface area contributed by atoms with Crippen molar-refractivity contribution in [3.05, 3.63) is 59.4 Å². The summed E-state index contributed by atoms with van der Waals surface area (Å²) in [6, 6.07) is 3.16. The Bertz CT molecular complexity index is 906. The van der Waals surface area contributed by atoms with Gasteiger partial charge in [-0.25, -0.2) is 9.37 Å². The van der Waals surface area contributed by atoms with Crippen molar-refractivity contribution in [3.8, 4) is 11.3 Å². The number of hydrogen-bond acceptors (Lipinski definition) is 6. The first-order chi connectivity index (χ1) is 12.6. The Labute approximate surface area is 151 Å². The number of pyridine rings is 1. The molecule has 3 aromatic rings. The topological polar surface area (TPSA) is 67.9 Å². The zero-order valence-corrected chi connectivity index (χ0v) is 14.8. The maximum Gasteiger partial charge on any atom is 0.146 e. The Balaban J connectivity index is 1.62. The highest BCUT2D eigenvalue weighted by Crippen LogP contribution is 2.33. The van der Waals surface area contributed by atoms with Crippen LogP contribution in [0.1, 0.15) is 41.7 Å². The maximum absolute atomic E-state index is 14.0. The molecule has 4 rings (SSSR count). The van der Waals surface area contributed by atoms with Gasteiger partial charge in [-0.05, 0) is 45.4 Å². The van der Waals surface area contributed by atoms with Gasteiger partial charge in [0.05, 0.1) is 46.8 Å². The van der Waals surface area contributed by atoms with Gasteiger partial charge in [-0.2, -0.15) is 0 Å². The minimum absolute atomic E-state index is 0.101. The molecule has 3 aromatic heterocycles. The maximum atomic E-state index is 14.0. The summed E-state index contributed by atoms with van der Waals surface area (Å²) in [6.07, 6.45) is 7.15. The molecular formula is C19H20FN5O. The molecule has 0 unspecified atom stereocenters. The van der Waals surface area contributed by atoms with Gasteiger partial charge < -0.3 is 4.52 Å². The van der Waals surface area contributed by atoms with Crippen LogP contribution in [0.5, 0.6) is 0 Å². The van der Waals surface area contributed by atoms with E-state index < -0.39 is 0 Å². The van der Waals surface area contributed by atoms with Crippen molar-refractivity contribution >= 4 is 0 Å². The molecule has 1 saturated heterocycles. The second-order valence-electron chi connectivity index (χ2n) is 6.59. The second-order valence-corrected chi connectivity index (χ2v) is 6.59. The van der Waals surface area contributed by atoms with E-state index in [1.165, 1.54) is 6.07 Å². The van der Waals surface area contributed by atoms with E-state index in [0.717, 1.165) is 47.8 Å². The van der Waals surface area contributed by atoms with E-state index in [1.807, 2.05) is 13.8 Å². The van der Waals surface area contributed by atoms with Crippen molar-refractivity contribution in [2.45, 2.75) is 39.3 Å². The van der Waals surface area contributed by atoms with Gasteiger partial charge in [0.15, 0.2) is 0 Å². The predicted molar refractivity (Wildman–Crippen MR) is 93.6 cm³/mol. The summed E-state index contributed by atoms with van der Waals surface area (Å²) in [6.45, 7) is 5.12. The predicted octanol–water partition coefficient (Wildman–Crippen LogP) is 3.62. The van der Waals surface area contributed by atoms with Crippen molar-refractivity contribution in [1.82, 2.24) is 25.0 Å². The molecule has 1 aliphatic heterocycles. The fourth-order valence-corrected chi connectivity index (χ4v) is 3.59. The number of aromatic nitrogens is 4. The average Bonchev–Trinajstić information content (AvgIpc) is 3.23. The largest absolute Gasteiger partial charge is 0.361 e. The van der Waals surface area contributed by atoms with Gasteiger partial charge >= 0.3 is 0 Å². The molecule has 0 bridgehead atoms. The zero-order valence-electron chi connectivity index (χ0n) is 14.8. The molecule has 7 heteroatoms. The van der Waals surface area contributed by atoms with Crippen LogP contribution in [0, 0.1) is 19.7 Å². The van der Waals surface area contributed by atoms with Gasteiger partial charge in [-0.15, -0.1) is 0 Å². The van der Waals surface area contributed by atoms with Crippen LogP contribution in [0.25, 0.3) is 11.3 Å². The van der Waals surface area contributed by atoms with Crippen LogP contribution >= 0.6 is 0 Å². The van der Waals surface area contributed by atoms with Crippen LogP contribution in [-0.2, 0) is 6.54 Å². The Morgan fingerprint density at radius 1 is 1.31 bits per heavy atom. The third-order valence-electron chi connectivity index (χ3n) is 4.84. The van der Waals surface area contributed by atoms with E-state index in [0.29, 0.717) is 12.2 Å². The number of rotatable bonds is 4. The minimum atomic E-state index is -0.270. The summed E-state index contributed by atoms with van der Waals surface area (Å²) in [5.74, 6) is 0.460. The lowest BCUT2D eigenvalue weighted by molar-refractivity contribution is 0.237. The van der Waals surface area contributed by atoms with Gasteiger partial charge in [0, 0.05) is 12.7 Å². The van der Waals surface area contributed by atoms with Crippen molar-refractivity contribution < 1.29 is 8.91 Å². The fraction of sp³-hybridized carbons (Fsp3) is 0.368. The molecule has 0 spiro atoms. The first kappa shape index (κ1) is 16.8. The molecule has 1 fully saturated rings. The molecular weight excluding hydrogens is 333 g/mol. The smallest absolute Gasteiger partial charge is 0.146 e. The number of likely N-dealkylation sites (tertiary alicyclic amines) is 1. The molecule has 4 heterocycles. The van der Waals surface area contributed by atoms with E-state index >= 15 is 0 Å².